The van der Waals surface area contributed by atoms with Crippen LogP contribution in [0.4, 0.5) is 0 Å². The van der Waals surface area contributed by atoms with Crippen LogP contribution in [0, 0.1) is 11.8 Å². The largest absolute Gasteiger partial charge is 0.487 e. The topological polar surface area (TPSA) is 65.9 Å². The third-order valence-electron chi connectivity index (χ3n) is 4.88. The normalized spacial score (nSPS) is 20.0. The van der Waals surface area contributed by atoms with Gasteiger partial charge in [0.15, 0.2) is 5.96 Å². The second-order valence-electron chi connectivity index (χ2n) is 8.53. The van der Waals surface area contributed by atoms with Crippen molar-refractivity contribution >= 4 is 5.96 Å². The fourth-order valence-corrected chi connectivity index (χ4v) is 3.77. The summed E-state index contributed by atoms with van der Waals surface area (Å²) in [4.78, 5) is 4.84. The number of guanidine groups is 1. The summed E-state index contributed by atoms with van der Waals surface area (Å²) in [6, 6.07) is 8.39. The summed E-state index contributed by atoms with van der Waals surface area (Å²) < 4.78 is 6.14. The molecule has 0 amide bonds. The molecule has 0 aromatic heterocycles. The molecule has 1 heterocycles. The molecule has 1 aliphatic rings. The fraction of sp³-hybridized carbons (Fsp3) is 0.682. The number of aliphatic hydroxyl groups excluding tert-OH is 1. The molecular formula is C22H37N3O2. The molecule has 0 aliphatic carbocycles. The van der Waals surface area contributed by atoms with Gasteiger partial charge in [0, 0.05) is 31.7 Å². The standard InChI is InChI=1S/C22H37N3O2/c1-6-23-21(24-15-17(11-12-26)13-16(2)3)25-19-14-22(4,5)27-20-10-8-7-9-18(19)20/h7-10,16-17,19,26H,6,11-15H2,1-5H3,(H2,23,24,25). The van der Waals surface area contributed by atoms with Gasteiger partial charge >= 0.3 is 0 Å². The molecular weight excluding hydrogens is 338 g/mol. The Kier molecular flexibility index (Phi) is 7.96. The summed E-state index contributed by atoms with van der Waals surface area (Å²) >= 11 is 0. The molecule has 1 aromatic rings. The summed E-state index contributed by atoms with van der Waals surface area (Å²) in [5.41, 5.74) is 0.956. The molecule has 0 saturated carbocycles. The van der Waals surface area contributed by atoms with Gasteiger partial charge in [0.05, 0.1) is 6.04 Å². The van der Waals surface area contributed by atoms with E-state index >= 15 is 0 Å². The zero-order valence-electron chi connectivity index (χ0n) is 17.6. The highest BCUT2D eigenvalue weighted by Crippen LogP contribution is 2.39. The zero-order chi connectivity index (χ0) is 19.9. The van der Waals surface area contributed by atoms with E-state index in [1.54, 1.807) is 0 Å². The average molecular weight is 376 g/mol. The summed E-state index contributed by atoms with van der Waals surface area (Å²) in [6.07, 6.45) is 2.76. The molecule has 0 fully saturated rings. The molecule has 2 rings (SSSR count). The molecule has 0 bridgehead atoms. The molecule has 2 atom stereocenters. The number of benzene rings is 1. The lowest BCUT2D eigenvalue weighted by atomic mass is 9.90. The van der Waals surface area contributed by atoms with E-state index in [2.05, 4.69) is 57.4 Å². The minimum absolute atomic E-state index is 0.157. The number of ether oxygens (including phenoxy) is 1. The van der Waals surface area contributed by atoms with Gasteiger partial charge in [0.1, 0.15) is 11.4 Å². The number of hydrogen-bond acceptors (Lipinski definition) is 3. The van der Waals surface area contributed by atoms with Crippen molar-refractivity contribution in [3.63, 3.8) is 0 Å². The van der Waals surface area contributed by atoms with E-state index in [4.69, 9.17) is 9.73 Å². The first kappa shape index (κ1) is 21.5. The van der Waals surface area contributed by atoms with Crippen LogP contribution in [0.3, 0.4) is 0 Å². The Balaban J connectivity index is 2.14. The lowest BCUT2D eigenvalue weighted by Gasteiger charge is -2.38. The number of para-hydroxylation sites is 1. The zero-order valence-corrected chi connectivity index (χ0v) is 17.6. The predicted octanol–water partition coefficient (Wildman–Crippen LogP) is 3.89. The van der Waals surface area contributed by atoms with E-state index in [-0.39, 0.29) is 18.2 Å². The van der Waals surface area contributed by atoms with E-state index in [1.165, 1.54) is 5.56 Å². The predicted molar refractivity (Wildman–Crippen MR) is 112 cm³/mol. The first-order chi connectivity index (χ1) is 12.8. The number of fused-ring (bicyclic) bond motifs is 1. The summed E-state index contributed by atoms with van der Waals surface area (Å²) in [5, 5.41) is 16.3. The maximum atomic E-state index is 9.35. The van der Waals surface area contributed by atoms with Gasteiger partial charge in [-0.25, -0.2) is 0 Å². The molecule has 1 aromatic carbocycles. The fourth-order valence-electron chi connectivity index (χ4n) is 3.77. The second kappa shape index (κ2) is 9.98. The van der Waals surface area contributed by atoms with Crippen LogP contribution in [-0.2, 0) is 0 Å². The third-order valence-corrected chi connectivity index (χ3v) is 4.88. The summed E-state index contributed by atoms with van der Waals surface area (Å²) in [7, 11) is 0. The van der Waals surface area contributed by atoms with Crippen molar-refractivity contribution in [1.82, 2.24) is 10.6 Å². The van der Waals surface area contributed by atoms with Crippen LogP contribution in [0.1, 0.15) is 65.5 Å². The SMILES string of the molecule is CCNC(=NCC(CCO)CC(C)C)NC1CC(C)(C)Oc2ccccc21. The monoisotopic (exact) mass is 375 g/mol. The van der Waals surface area contributed by atoms with E-state index in [9.17, 15) is 5.11 Å². The Morgan fingerprint density at radius 3 is 2.74 bits per heavy atom. The van der Waals surface area contributed by atoms with Crippen molar-refractivity contribution in [1.29, 1.82) is 0 Å². The van der Waals surface area contributed by atoms with Crippen LogP contribution in [0.2, 0.25) is 0 Å². The van der Waals surface area contributed by atoms with E-state index in [1.807, 2.05) is 12.1 Å². The molecule has 152 valence electrons. The van der Waals surface area contributed by atoms with Gasteiger partial charge in [-0.05, 0) is 51.5 Å². The average Bonchev–Trinajstić information content (AvgIpc) is 2.58. The number of hydrogen-bond donors (Lipinski definition) is 3. The van der Waals surface area contributed by atoms with Crippen molar-refractivity contribution in [2.45, 2.75) is 65.5 Å². The molecule has 3 N–H and O–H groups in total. The first-order valence-corrected chi connectivity index (χ1v) is 10.3. The van der Waals surface area contributed by atoms with Crippen molar-refractivity contribution in [2.75, 3.05) is 19.7 Å². The smallest absolute Gasteiger partial charge is 0.191 e. The Morgan fingerprint density at radius 2 is 2.07 bits per heavy atom. The van der Waals surface area contributed by atoms with Crippen molar-refractivity contribution in [3.05, 3.63) is 29.8 Å². The second-order valence-corrected chi connectivity index (χ2v) is 8.53. The summed E-state index contributed by atoms with van der Waals surface area (Å²) in [5.74, 6) is 2.79. The molecule has 27 heavy (non-hydrogen) atoms. The molecule has 5 heteroatoms. The van der Waals surface area contributed by atoms with Crippen molar-refractivity contribution in [2.24, 2.45) is 16.8 Å². The van der Waals surface area contributed by atoms with Crippen LogP contribution < -0.4 is 15.4 Å². The number of rotatable bonds is 8. The quantitative estimate of drug-likeness (QED) is 0.476. The number of aliphatic hydroxyl groups is 1. The van der Waals surface area contributed by atoms with Crippen molar-refractivity contribution < 1.29 is 9.84 Å². The molecule has 0 saturated heterocycles. The Labute approximate surface area is 164 Å². The van der Waals surface area contributed by atoms with Gasteiger partial charge in [0.25, 0.3) is 0 Å². The van der Waals surface area contributed by atoms with Gasteiger partial charge in [-0.1, -0.05) is 32.0 Å². The van der Waals surface area contributed by atoms with Gasteiger partial charge in [-0.2, -0.15) is 0 Å². The van der Waals surface area contributed by atoms with E-state index < -0.39 is 0 Å². The first-order valence-electron chi connectivity index (χ1n) is 10.3. The van der Waals surface area contributed by atoms with Gasteiger partial charge < -0.3 is 20.5 Å². The molecule has 1 aliphatic heterocycles. The Bertz CT molecular complexity index is 613. The molecule has 2 unspecified atom stereocenters. The van der Waals surface area contributed by atoms with Gasteiger partial charge in [-0.15, -0.1) is 0 Å². The van der Waals surface area contributed by atoms with E-state index in [0.29, 0.717) is 11.8 Å². The maximum absolute atomic E-state index is 9.35. The molecule has 0 radical (unpaired) electrons. The third kappa shape index (κ3) is 6.73. The number of aliphatic imine (C=N–C) groups is 1. The highest BCUT2D eigenvalue weighted by atomic mass is 16.5. The summed E-state index contributed by atoms with van der Waals surface area (Å²) in [6.45, 7) is 12.5. The highest BCUT2D eigenvalue weighted by molar-refractivity contribution is 5.80. The number of nitrogens with zero attached hydrogens (tertiary/aromatic N) is 1. The minimum Gasteiger partial charge on any atom is -0.487 e. The van der Waals surface area contributed by atoms with Crippen LogP contribution in [0.15, 0.2) is 29.3 Å². The van der Waals surface area contributed by atoms with Crippen LogP contribution in [-0.4, -0.2) is 36.4 Å². The van der Waals surface area contributed by atoms with E-state index in [0.717, 1.165) is 44.1 Å². The number of nitrogens with one attached hydrogen (secondary N) is 2. The van der Waals surface area contributed by atoms with Gasteiger partial charge in [0.2, 0.25) is 0 Å². The molecule has 0 spiro atoms. The lowest BCUT2D eigenvalue weighted by Crippen LogP contribution is -2.45. The highest BCUT2D eigenvalue weighted by Gasteiger charge is 2.34. The maximum Gasteiger partial charge on any atom is 0.191 e. The van der Waals surface area contributed by atoms with Crippen LogP contribution >= 0.6 is 0 Å². The Hall–Kier alpha value is -1.75. The van der Waals surface area contributed by atoms with Crippen molar-refractivity contribution in [3.8, 4) is 5.75 Å². The van der Waals surface area contributed by atoms with Crippen LogP contribution in [0.5, 0.6) is 5.75 Å². The molecule has 5 nitrogen and oxygen atoms in total. The minimum atomic E-state index is -0.222. The van der Waals surface area contributed by atoms with Crippen LogP contribution in [0.25, 0.3) is 0 Å². The Morgan fingerprint density at radius 1 is 1.33 bits per heavy atom. The lowest BCUT2D eigenvalue weighted by molar-refractivity contribution is 0.0694. The van der Waals surface area contributed by atoms with Gasteiger partial charge in [-0.3, -0.25) is 4.99 Å².